The van der Waals surface area contributed by atoms with E-state index in [0.717, 1.165) is 11.1 Å². The summed E-state index contributed by atoms with van der Waals surface area (Å²) in [4.78, 5) is 14.9. The van der Waals surface area contributed by atoms with Crippen molar-refractivity contribution in [2.24, 2.45) is 0 Å². The van der Waals surface area contributed by atoms with Gasteiger partial charge in [0.2, 0.25) is 0 Å². The van der Waals surface area contributed by atoms with Gasteiger partial charge in [0.1, 0.15) is 23.0 Å². The van der Waals surface area contributed by atoms with Crippen LogP contribution in [-0.4, -0.2) is 11.0 Å². The maximum atomic E-state index is 10.6. The Kier molecular flexibility index (Phi) is 3.00. The van der Waals surface area contributed by atoms with Crippen molar-refractivity contribution in [3.63, 3.8) is 0 Å². The van der Waals surface area contributed by atoms with Gasteiger partial charge in [-0.25, -0.2) is 4.98 Å². The highest BCUT2D eigenvalue weighted by Crippen LogP contribution is 2.26. The summed E-state index contributed by atoms with van der Waals surface area (Å²) in [5, 5.41) is 11.1. The minimum atomic E-state index is -1.32. The van der Waals surface area contributed by atoms with Crippen LogP contribution in [0, 0.1) is 0 Å². The van der Waals surface area contributed by atoms with E-state index in [-0.39, 0.29) is 5.76 Å². The molecule has 0 N–H and O–H groups in total. The molecular formula is C13H8NO4S-. The fourth-order valence-electron chi connectivity index (χ4n) is 1.61. The van der Waals surface area contributed by atoms with Crippen molar-refractivity contribution in [3.05, 3.63) is 47.9 Å². The Labute approximate surface area is 112 Å². The number of carboxylic acids is 1. The van der Waals surface area contributed by atoms with Crippen LogP contribution in [0.15, 0.2) is 50.5 Å². The topological polar surface area (TPSA) is 79.3 Å². The molecule has 3 aromatic rings. The fourth-order valence-corrected chi connectivity index (χ4v) is 2.34. The van der Waals surface area contributed by atoms with Gasteiger partial charge in [0.15, 0.2) is 5.58 Å². The summed E-state index contributed by atoms with van der Waals surface area (Å²) in [6.45, 7) is 0. The quantitative estimate of drug-likeness (QED) is 0.678. The normalized spacial score (nSPS) is 10.9. The number of para-hydroxylation sites is 2. The van der Waals surface area contributed by atoms with Crippen LogP contribution >= 0.6 is 11.8 Å². The van der Waals surface area contributed by atoms with Gasteiger partial charge in [0.05, 0.1) is 5.75 Å². The van der Waals surface area contributed by atoms with E-state index in [0.29, 0.717) is 16.7 Å². The number of aromatic nitrogens is 1. The van der Waals surface area contributed by atoms with E-state index in [1.807, 2.05) is 24.3 Å². The third kappa shape index (κ3) is 2.48. The molecule has 0 saturated carbocycles. The van der Waals surface area contributed by atoms with Crippen molar-refractivity contribution in [3.8, 4) is 0 Å². The Balaban J connectivity index is 1.72. The molecule has 0 aliphatic heterocycles. The van der Waals surface area contributed by atoms with Gasteiger partial charge in [0.25, 0.3) is 5.22 Å². The van der Waals surface area contributed by atoms with Gasteiger partial charge < -0.3 is 18.7 Å². The number of carbonyl (C=O) groups excluding carboxylic acids is 1. The molecule has 2 aromatic heterocycles. The van der Waals surface area contributed by atoms with Gasteiger partial charge in [0, 0.05) is 0 Å². The second-order valence-electron chi connectivity index (χ2n) is 3.79. The van der Waals surface area contributed by atoms with E-state index in [2.05, 4.69) is 4.98 Å². The molecule has 2 heterocycles. The molecule has 0 aliphatic carbocycles. The first-order valence-corrected chi connectivity index (χ1v) is 6.49. The molecular weight excluding hydrogens is 266 g/mol. The van der Waals surface area contributed by atoms with Crippen molar-refractivity contribution < 1.29 is 18.7 Å². The molecule has 0 radical (unpaired) electrons. The molecule has 96 valence electrons. The number of benzene rings is 1. The summed E-state index contributed by atoms with van der Waals surface area (Å²) >= 11 is 1.34. The zero-order valence-electron chi connectivity index (χ0n) is 9.66. The summed E-state index contributed by atoms with van der Waals surface area (Å²) in [5.74, 6) is -0.516. The number of fused-ring (bicyclic) bond motifs is 1. The van der Waals surface area contributed by atoms with E-state index in [1.54, 1.807) is 6.07 Å². The van der Waals surface area contributed by atoms with Crippen LogP contribution in [0.1, 0.15) is 16.3 Å². The van der Waals surface area contributed by atoms with Crippen LogP contribution < -0.4 is 5.11 Å². The summed E-state index contributed by atoms with van der Waals surface area (Å²) < 4.78 is 10.6. The number of hydrogen-bond donors (Lipinski definition) is 0. The van der Waals surface area contributed by atoms with Crippen molar-refractivity contribution in [2.45, 2.75) is 11.0 Å². The van der Waals surface area contributed by atoms with Gasteiger partial charge in [-0.15, -0.1) is 0 Å². The van der Waals surface area contributed by atoms with E-state index in [1.165, 1.54) is 17.8 Å². The molecule has 6 heteroatoms. The minimum Gasteiger partial charge on any atom is -0.542 e. The zero-order valence-corrected chi connectivity index (χ0v) is 10.5. The maximum Gasteiger partial charge on any atom is 0.257 e. The van der Waals surface area contributed by atoms with Crippen molar-refractivity contribution in [1.29, 1.82) is 0 Å². The first kappa shape index (κ1) is 11.9. The van der Waals surface area contributed by atoms with E-state index >= 15 is 0 Å². The van der Waals surface area contributed by atoms with Crippen LogP contribution in [0.4, 0.5) is 0 Å². The highest BCUT2D eigenvalue weighted by Gasteiger charge is 2.08. The molecule has 5 nitrogen and oxygen atoms in total. The largest absolute Gasteiger partial charge is 0.542 e. The predicted molar refractivity (Wildman–Crippen MR) is 66.6 cm³/mol. The Morgan fingerprint density at radius 2 is 2.05 bits per heavy atom. The average molecular weight is 274 g/mol. The predicted octanol–water partition coefficient (Wildman–Crippen LogP) is 2.08. The fraction of sp³-hybridized carbons (Fsp3) is 0.0769. The number of rotatable bonds is 4. The van der Waals surface area contributed by atoms with Crippen molar-refractivity contribution in [1.82, 2.24) is 4.98 Å². The van der Waals surface area contributed by atoms with Crippen molar-refractivity contribution in [2.75, 3.05) is 0 Å². The Morgan fingerprint density at radius 3 is 2.79 bits per heavy atom. The molecule has 19 heavy (non-hydrogen) atoms. The van der Waals surface area contributed by atoms with Gasteiger partial charge in [-0.2, -0.15) is 0 Å². The number of nitrogens with zero attached hydrogens (tertiary/aromatic N) is 1. The van der Waals surface area contributed by atoms with Crippen molar-refractivity contribution >= 4 is 28.8 Å². The third-order valence-corrected chi connectivity index (χ3v) is 3.33. The first-order chi connectivity index (χ1) is 9.22. The van der Waals surface area contributed by atoms with E-state index < -0.39 is 5.97 Å². The summed E-state index contributed by atoms with van der Waals surface area (Å²) in [7, 11) is 0. The van der Waals surface area contributed by atoms with Crippen LogP contribution in [0.2, 0.25) is 0 Å². The maximum absolute atomic E-state index is 10.6. The van der Waals surface area contributed by atoms with Crippen LogP contribution in [0.25, 0.3) is 11.1 Å². The highest BCUT2D eigenvalue weighted by atomic mass is 32.2. The lowest BCUT2D eigenvalue weighted by molar-refractivity contribution is -0.257. The number of furan rings is 1. The molecule has 1 aromatic carbocycles. The summed E-state index contributed by atoms with van der Waals surface area (Å²) in [6.07, 6.45) is 0. The number of aromatic carboxylic acids is 1. The average Bonchev–Trinajstić information content (AvgIpc) is 3.02. The Morgan fingerprint density at radius 1 is 1.21 bits per heavy atom. The number of hydrogen-bond acceptors (Lipinski definition) is 6. The van der Waals surface area contributed by atoms with Gasteiger partial charge in [-0.3, -0.25) is 0 Å². The SMILES string of the molecule is O=C([O-])c1ccc(CSc2nc3ccccc3o2)o1. The second kappa shape index (κ2) is 4.81. The lowest BCUT2D eigenvalue weighted by Gasteiger charge is -1.96. The number of thioether (sulfide) groups is 1. The van der Waals surface area contributed by atoms with Crippen LogP contribution in [0.5, 0.6) is 0 Å². The molecule has 3 rings (SSSR count). The van der Waals surface area contributed by atoms with Gasteiger partial charge in [-0.1, -0.05) is 23.9 Å². The third-order valence-electron chi connectivity index (χ3n) is 2.48. The smallest absolute Gasteiger partial charge is 0.257 e. The Hall–Kier alpha value is -2.21. The number of carbonyl (C=O) groups is 1. The van der Waals surface area contributed by atoms with Crippen LogP contribution in [0.3, 0.4) is 0 Å². The van der Waals surface area contributed by atoms with E-state index in [4.69, 9.17) is 8.83 Å². The van der Waals surface area contributed by atoms with E-state index in [9.17, 15) is 9.90 Å². The van der Waals surface area contributed by atoms with Gasteiger partial charge >= 0.3 is 0 Å². The highest BCUT2D eigenvalue weighted by molar-refractivity contribution is 7.98. The lowest BCUT2D eigenvalue weighted by atomic mass is 10.3. The summed E-state index contributed by atoms with van der Waals surface area (Å²) in [6, 6.07) is 10.4. The molecule has 0 saturated heterocycles. The monoisotopic (exact) mass is 274 g/mol. The molecule has 0 spiro atoms. The standard InChI is InChI=1S/C13H9NO4S/c15-12(16)11-6-5-8(17-11)7-19-13-14-9-3-1-2-4-10(9)18-13/h1-6H,7H2,(H,15,16)/p-1. The lowest BCUT2D eigenvalue weighted by Crippen LogP contribution is -2.21. The minimum absolute atomic E-state index is 0.173. The first-order valence-electron chi connectivity index (χ1n) is 5.51. The molecule has 0 amide bonds. The molecule has 0 aliphatic rings. The summed E-state index contributed by atoms with van der Waals surface area (Å²) in [5.41, 5.74) is 1.51. The van der Waals surface area contributed by atoms with Crippen LogP contribution in [-0.2, 0) is 5.75 Å². The number of oxazole rings is 1. The molecule has 0 unspecified atom stereocenters. The Bertz CT molecular complexity index is 698. The zero-order chi connectivity index (χ0) is 13.2. The molecule has 0 fully saturated rings. The van der Waals surface area contributed by atoms with Gasteiger partial charge in [-0.05, 0) is 24.3 Å². The second-order valence-corrected chi connectivity index (χ2v) is 4.72. The molecule has 0 atom stereocenters. The number of carboxylic acid groups (broad SMARTS) is 1. The molecule has 0 bridgehead atoms.